The van der Waals surface area contributed by atoms with E-state index in [4.69, 9.17) is 16.3 Å². The second-order valence-electron chi connectivity index (χ2n) is 9.53. The van der Waals surface area contributed by atoms with Crippen molar-refractivity contribution in [3.8, 4) is 0 Å². The lowest BCUT2D eigenvalue weighted by Crippen LogP contribution is -2.50. The van der Waals surface area contributed by atoms with Crippen LogP contribution in [-0.4, -0.2) is 53.8 Å². The number of carbonyl (C=O) groups is 3. The van der Waals surface area contributed by atoms with Crippen molar-refractivity contribution in [3.05, 3.63) is 70.8 Å². The first-order valence-corrected chi connectivity index (χ1v) is 12.2. The van der Waals surface area contributed by atoms with Crippen molar-refractivity contribution >= 4 is 40.5 Å². The number of anilines is 1. The Balaban J connectivity index is 1.47. The maximum atomic E-state index is 14.0. The molecule has 0 radical (unpaired) electrons. The topological polar surface area (TPSA) is 66.9 Å². The predicted molar refractivity (Wildman–Crippen MR) is 129 cm³/mol. The van der Waals surface area contributed by atoms with E-state index in [2.05, 4.69) is 0 Å². The van der Waals surface area contributed by atoms with Crippen LogP contribution < -0.4 is 4.90 Å². The summed E-state index contributed by atoms with van der Waals surface area (Å²) < 4.78 is 5.71. The molecule has 2 aromatic carbocycles. The molecule has 0 bridgehead atoms. The number of halogens is 1. The zero-order valence-electron chi connectivity index (χ0n) is 18.8. The number of Topliss-reactive ketones (excluding diaryl/α,β-unsaturated/α-hetero) is 1. The van der Waals surface area contributed by atoms with E-state index in [0.29, 0.717) is 17.2 Å². The Hall–Kier alpha value is -2.96. The van der Waals surface area contributed by atoms with Gasteiger partial charge in [-0.25, -0.2) is 0 Å². The van der Waals surface area contributed by atoms with Crippen LogP contribution in [0.1, 0.15) is 35.7 Å². The Morgan fingerprint density at radius 3 is 2.56 bits per heavy atom. The summed E-state index contributed by atoms with van der Waals surface area (Å²) in [6.07, 6.45) is 3.66. The standard InChI is InChI=1S/C27H25ClN2O4/c1-15-13-21-22-23(27(33)29(26(22)32)14-16-7-6-12-34-16)24(25(31)18-9-2-4-10-19(18)28)30(21)20-11-5-3-8-17(15)20/h2-5,8-11,13,16,21-24H,6-7,12,14H2,1H3/t16-,21-,22+,23-,24+/m0/s1. The number of imide groups is 1. The lowest BCUT2D eigenvalue weighted by molar-refractivity contribution is -0.142. The molecule has 3 saturated heterocycles. The van der Waals surface area contributed by atoms with Crippen molar-refractivity contribution < 1.29 is 19.1 Å². The zero-order chi connectivity index (χ0) is 23.6. The Labute approximate surface area is 203 Å². The highest BCUT2D eigenvalue weighted by Crippen LogP contribution is 2.50. The molecule has 3 fully saturated rings. The predicted octanol–water partition coefficient (Wildman–Crippen LogP) is 3.98. The number of hydrogen-bond acceptors (Lipinski definition) is 5. The third kappa shape index (κ3) is 3.08. The van der Waals surface area contributed by atoms with Crippen molar-refractivity contribution in [1.82, 2.24) is 4.90 Å². The molecule has 0 aliphatic carbocycles. The van der Waals surface area contributed by atoms with E-state index in [1.165, 1.54) is 4.90 Å². The lowest BCUT2D eigenvalue weighted by atomic mass is 9.85. The molecular formula is C27H25ClN2O4. The molecule has 7 heteroatoms. The molecule has 6 nitrogen and oxygen atoms in total. The minimum atomic E-state index is -0.814. The Kier molecular flexibility index (Phi) is 5.12. The Morgan fingerprint density at radius 1 is 1.06 bits per heavy atom. The largest absolute Gasteiger partial charge is 0.376 e. The van der Waals surface area contributed by atoms with Gasteiger partial charge in [-0.15, -0.1) is 0 Å². The average Bonchev–Trinajstić information content (AvgIpc) is 3.53. The van der Waals surface area contributed by atoms with E-state index in [9.17, 15) is 14.4 Å². The smallest absolute Gasteiger partial charge is 0.235 e. The van der Waals surface area contributed by atoms with E-state index >= 15 is 0 Å². The molecular weight excluding hydrogens is 452 g/mol. The summed E-state index contributed by atoms with van der Waals surface area (Å²) in [5, 5.41) is 0.345. The number of allylic oxidation sites excluding steroid dienone is 1. The number of rotatable bonds is 4. The molecule has 4 aliphatic rings. The van der Waals surface area contributed by atoms with Gasteiger partial charge in [0.1, 0.15) is 6.04 Å². The van der Waals surface area contributed by atoms with Gasteiger partial charge in [0.25, 0.3) is 0 Å². The maximum absolute atomic E-state index is 14.0. The summed E-state index contributed by atoms with van der Waals surface area (Å²) in [7, 11) is 0. The number of nitrogens with zero attached hydrogens (tertiary/aromatic N) is 2. The maximum Gasteiger partial charge on any atom is 0.235 e. The first kappa shape index (κ1) is 21.6. The second kappa shape index (κ2) is 8.07. The van der Waals surface area contributed by atoms with Gasteiger partial charge in [-0.05, 0) is 43.5 Å². The minimum Gasteiger partial charge on any atom is -0.376 e. The van der Waals surface area contributed by atoms with Crippen LogP contribution in [-0.2, 0) is 14.3 Å². The van der Waals surface area contributed by atoms with Crippen molar-refractivity contribution in [2.24, 2.45) is 11.8 Å². The number of para-hydroxylation sites is 1. The third-order valence-corrected chi connectivity index (χ3v) is 7.99. The van der Waals surface area contributed by atoms with Crippen LogP contribution >= 0.6 is 11.6 Å². The number of ether oxygens (including phenoxy) is 1. The molecule has 0 aromatic heterocycles. The van der Waals surface area contributed by atoms with Crippen molar-refractivity contribution in [2.75, 3.05) is 18.1 Å². The van der Waals surface area contributed by atoms with Crippen LogP contribution in [0, 0.1) is 11.8 Å². The van der Waals surface area contributed by atoms with Crippen LogP contribution in [0.25, 0.3) is 5.57 Å². The van der Waals surface area contributed by atoms with Gasteiger partial charge in [-0.3, -0.25) is 19.3 Å². The van der Waals surface area contributed by atoms with E-state index in [1.807, 2.05) is 42.2 Å². The van der Waals surface area contributed by atoms with Crippen LogP contribution in [0.4, 0.5) is 5.69 Å². The highest BCUT2D eigenvalue weighted by Gasteiger charge is 2.64. The SMILES string of the molecule is CC1=C[C@H]2[C@H]3C(=O)N(C[C@@H]4CCCO4)C(=O)[C@@H]3[C@H](C(=O)c3ccccc3Cl)N2c2ccccc21. The lowest BCUT2D eigenvalue weighted by Gasteiger charge is -2.38. The molecule has 0 spiro atoms. The number of amides is 2. The Bertz CT molecular complexity index is 1230. The van der Waals surface area contributed by atoms with Gasteiger partial charge in [-0.1, -0.05) is 48.0 Å². The molecule has 2 amide bonds. The fourth-order valence-electron chi connectivity index (χ4n) is 6.15. The van der Waals surface area contributed by atoms with Crippen LogP contribution in [0.5, 0.6) is 0 Å². The molecule has 4 heterocycles. The minimum absolute atomic E-state index is 0.134. The number of ketones is 1. The molecule has 34 heavy (non-hydrogen) atoms. The van der Waals surface area contributed by atoms with Gasteiger partial charge in [0.15, 0.2) is 5.78 Å². The molecule has 0 N–H and O–H groups in total. The highest BCUT2D eigenvalue weighted by molar-refractivity contribution is 6.34. The fraction of sp³-hybridized carbons (Fsp3) is 0.370. The van der Waals surface area contributed by atoms with Gasteiger partial charge < -0.3 is 9.64 Å². The number of benzene rings is 2. The van der Waals surface area contributed by atoms with Gasteiger partial charge >= 0.3 is 0 Å². The quantitative estimate of drug-likeness (QED) is 0.493. The molecule has 5 atom stereocenters. The summed E-state index contributed by atoms with van der Waals surface area (Å²) in [6.45, 7) is 2.92. The molecule has 0 saturated carbocycles. The van der Waals surface area contributed by atoms with Gasteiger partial charge in [0, 0.05) is 23.4 Å². The third-order valence-electron chi connectivity index (χ3n) is 7.66. The van der Waals surface area contributed by atoms with Crippen molar-refractivity contribution in [1.29, 1.82) is 0 Å². The second-order valence-corrected chi connectivity index (χ2v) is 9.93. The highest BCUT2D eigenvalue weighted by atomic mass is 35.5. The molecule has 0 unspecified atom stereocenters. The summed E-state index contributed by atoms with van der Waals surface area (Å²) in [5.74, 6) is -2.11. The van der Waals surface area contributed by atoms with Crippen molar-refractivity contribution in [2.45, 2.75) is 38.0 Å². The fourth-order valence-corrected chi connectivity index (χ4v) is 6.38. The van der Waals surface area contributed by atoms with E-state index < -0.39 is 17.9 Å². The first-order chi connectivity index (χ1) is 16.5. The summed E-state index contributed by atoms with van der Waals surface area (Å²) in [5.41, 5.74) is 3.29. The summed E-state index contributed by atoms with van der Waals surface area (Å²) in [4.78, 5) is 44.8. The first-order valence-electron chi connectivity index (χ1n) is 11.8. The molecule has 2 aromatic rings. The average molecular weight is 477 g/mol. The molecule has 6 rings (SSSR count). The monoisotopic (exact) mass is 476 g/mol. The summed E-state index contributed by atoms with van der Waals surface area (Å²) >= 11 is 6.42. The molecule has 174 valence electrons. The number of carbonyl (C=O) groups excluding carboxylic acids is 3. The van der Waals surface area contributed by atoms with E-state index in [0.717, 1.165) is 29.7 Å². The number of fused-ring (bicyclic) bond motifs is 5. The number of likely N-dealkylation sites (tertiary alicyclic amines) is 1. The molecule has 4 aliphatic heterocycles. The van der Waals surface area contributed by atoms with Crippen LogP contribution in [0.15, 0.2) is 54.6 Å². The van der Waals surface area contributed by atoms with E-state index in [-0.39, 0.29) is 36.3 Å². The summed E-state index contributed by atoms with van der Waals surface area (Å²) in [6, 6.07) is 13.6. The van der Waals surface area contributed by atoms with E-state index in [1.54, 1.807) is 24.3 Å². The zero-order valence-corrected chi connectivity index (χ0v) is 19.6. The van der Waals surface area contributed by atoms with Gasteiger partial charge in [0.2, 0.25) is 11.8 Å². The number of hydrogen-bond donors (Lipinski definition) is 0. The Morgan fingerprint density at radius 2 is 1.79 bits per heavy atom. The van der Waals surface area contributed by atoms with Gasteiger partial charge in [-0.2, -0.15) is 0 Å². The van der Waals surface area contributed by atoms with Crippen LogP contribution in [0.3, 0.4) is 0 Å². The van der Waals surface area contributed by atoms with Gasteiger partial charge in [0.05, 0.1) is 35.5 Å². The van der Waals surface area contributed by atoms with Crippen molar-refractivity contribution in [3.63, 3.8) is 0 Å². The van der Waals surface area contributed by atoms with Crippen LogP contribution in [0.2, 0.25) is 5.02 Å². The normalized spacial score (nSPS) is 29.7.